The van der Waals surface area contributed by atoms with Crippen molar-refractivity contribution in [3.8, 4) is 0 Å². The van der Waals surface area contributed by atoms with Gasteiger partial charge in [0.2, 0.25) is 0 Å². The molecule has 0 spiro atoms. The number of hydrogen-bond acceptors (Lipinski definition) is 3. The molecular formula is C6H15NO2. The van der Waals surface area contributed by atoms with Gasteiger partial charge < -0.3 is 9.94 Å². The molecule has 0 amide bonds. The van der Waals surface area contributed by atoms with E-state index < -0.39 is 0 Å². The van der Waals surface area contributed by atoms with Gasteiger partial charge in [-0.25, -0.2) is 0 Å². The average molecular weight is 133 g/mol. The Bertz CT molecular complexity index is 59.0. The first-order valence-electron chi connectivity index (χ1n) is 3.34. The fourth-order valence-corrected chi connectivity index (χ4v) is 0.402. The number of hydroxylamine groups is 1. The molecule has 0 aliphatic heterocycles. The van der Waals surface area contributed by atoms with Crippen LogP contribution in [-0.2, 0) is 4.84 Å². The monoisotopic (exact) mass is 133 g/mol. The summed E-state index contributed by atoms with van der Waals surface area (Å²) in [6, 6.07) is 0. The smallest absolute Gasteiger partial charge is 0.0685 e. The zero-order valence-electron chi connectivity index (χ0n) is 6.05. The molecule has 0 aliphatic rings. The number of hydrogen-bond donors (Lipinski definition) is 2. The van der Waals surface area contributed by atoms with Gasteiger partial charge in [0.1, 0.15) is 0 Å². The van der Waals surface area contributed by atoms with Crippen LogP contribution < -0.4 is 5.48 Å². The molecular weight excluding hydrogens is 118 g/mol. The van der Waals surface area contributed by atoms with Crippen molar-refractivity contribution >= 4 is 0 Å². The van der Waals surface area contributed by atoms with Gasteiger partial charge in [0.15, 0.2) is 0 Å². The van der Waals surface area contributed by atoms with Gasteiger partial charge >= 0.3 is 0 Å². The Morgan fingerprint density at radius 3 is 2.67 bits per heavy atom. The van der Waals surface area contributed by atoms with E-state index in [1.54, 1.807) is 0 Å². The molecule has 0 aromatic rings. The summed E-state index contributed by atoms with van der Waals surface area (Å²) in [5.41, 5.74) is 2.64. The Balaban J connectivity index is 2.88. The number of nitrogens with one attached hydrogen (secondary N) is 1. The largest absolute Gasteiger partial charge is 0.392 e. The van der Waals surface area contributed by atoms with E-state index in [1.807, 2.05) is 13.8 Å². The Labute approximate surface area is 56.0 Å². The van der Waals surface area contributed by atoms with Gasteiger partial charge in [-0.1, -0.05) is 6.92 Å². The van der Waals surface area contributed by atoms with E-state index in [0.717, 1.165) is 6.42 Å². The molecule has 2 N–H and O–H groups in total. The molecule has 3 heteroatoms. The highest BCUT2D eigenvalue weighted by Crippen LogP contribution is 1.85. The van der Waals surface area contributed by atoms with E-state index in [-0.39, 0.29) is 6.10 Å². The lowest BCUT2D eigenvalue weighted by molar-refractivity contribution is 0.0206. The van der Waals surface area contributed by atoms with Crippen LogP contribution in [0.4, 0.5) is 0 Å². The second kappa shape index (κ2) is 6.01. The van der Waals surface area contributed by atoms with Crippen molar-refractivity contribution in [2.75, 3.05) is 13.2 Å². The first-order chi connectivity index (χ1) is 4.31. The predicted molar refractivity (Wildman–Crippen MR) is 35.9 cm³/mol. The van der Waals surface area contributed by atoms with Crippen molar-refractivity contribution in [2.45, 2.75) is 26.4 Å². The van der Waals surface area contributed by atoms with Gasteiger partial charge in [-0.2, -0.15) is 5.48 Å². The molecule has 0 aromatic carbocycles. The summed E-state index contributed by atoms with van der Waals surface area (Å²) in [5, 5.41) is 8.94. The van der Waals surface area contributed by atoms with Crippen LogP contribution in [0.5, 0.6) is 0 Å². The van der Waals surface area contributed by atoms with E-state index >= 15 is 0 Å². The topological polar surface area (TPSA) is 41.5 Å². The standard InChI is InChI=1S/C6H15NO2/c1-3-6(8)5-7-9-4-2/h6-8H,3-5H2,1-2H3/t6-/m0/s1. The van der Waals surface area contributed by atoms with Crippen LogP contribution in [0.2, 0.25) is 0 Å². The molecule has 0 saturated carbocycles. The van der Waals surface area contributed by atoms with Crippen LogP contribution in [0.15, 0.2) is 0 Å². The Hall–Kier alpha value is -0.120. The SMILES string of the molecule is CCONC[C@@H](O)CC. The first-order valence-corrected chi connectivity index (χ1v) is 3.34. The second-order valence-electron chi connectivity index (χ2n) is 1.84. The molecule has 0 aliphatic carbocycles. The summed E-state index contributed by atoms with van der Waals surface area (Å²) in [7, 11) is 0. The number of aliphatic hydroxyl groups excluding tert-OH is 1. The molecule has 0 rings (SSSR count). The van der Waals surface area contributed by atoms with Crippen molar-refractivity contribution in [2.24, 2.45) is 0 Å². The van der Waals surface area contributed by atoms with Gasteiger partial charge in [-0.05, 0) is 13.3 Å². The second-order valence-corrected chi connectivity index (χ2v) is 1.84. The zero-order chi connectivity index (χ0) is 7.11. The summed E-state index contributed by atoms with van der Waals surface area (Å²) in [6.07, 6.45) is 0.483. The highest BCUT2D eigenvalue weighted by atomic mass is 16.6. The third kappa shape index (κ3) is 5.76. The van der Waals surface area contributed by atoms with Crippen molar-refractivity contribution in [3.63, 3.8) is 0 Å². The van der Waals surface area contributed by atoms with Crippen molar-refractivity contribution in [3.05, 3.63) is 0 Å². The van der Waals surface area contributed by atoms with Crippen molar-refractivity contribution < 1.29 is 9.94 Å². The van der Waals surface area contributed by atoms with Crippen LogP contribution in [0.3, 0.4) is 0 Å². The number of rotatable bonds is 5. The zero-order valence-corrected chi connectivity index (χ0v) is 6.05. The molecule has 0 heterocycles. The van der Waals surface area contributed by atoms with E-state index in [9.17, 15) is 0 Å². The van der Waals surface area contributed by atoms with Gasteiger partial charge in [0.25, 0.3) is 0 Å². The molecule has 0 saturated heterocycles. The lowest BCUT2D eigenvalue weighted by atomic mass is 10.3. The highest BCUT2D eigenvalue weighted by Gasteiger charge is 1.96. The van der Waals surface area contributed by atoms with E-state index in [4.69, 9.17) is 9.94 Å². The maximum absolute atomic E-state index is 8.94. The average Bonchev–Trinajstić information content (AvgIpc) is 1.89. The van der Waals surface area contributed by atoms with Crippen molar-refractivity contribution in [1.29, 1.82) is 0 Å². The van der Waals surface area contributed by atoms with Crippen LogP contribution >= 0.6 is 0 Å². The summed E-state index contributed by atoms with van der Waals surface area (Å²) in [5.74, 6) is 0. The molecule has 1 atom stereocenters. The predicted octanol–water partition coefficient (Wildman–Crippen LogP) is 0.298. The lowest BCUT2D eigenvalue weighted by Gasteiger charge is -2.07. The molecule has 0 fully saturated rings. The van der Waals surface area contributed by atoms with Gasteiger partial charge in [0.05, 0.1) is 12.7 Å². The normalized spacial score (nSPS) is 13.7. The minimum Gasteiger partial charge on any atom is -0.392 e. The maximum Gasteiger partial charge on any atom is 0.0685 e. The fourth-order valence-electron chi connectivity index (χ4n) is 0.402. The molecule has 0 aromatic heterocycles. The summed E-state index contributed by atoms with van der Waals surface area (Å²) >= 11 is 0. The maximum atomic E-state index is 8.94. The summed E-state index contributed by atoms with van der Waals surface area (Å²) in [4.78, 5) is 4.80. The van der Waals surface area contributed by atoms with Crippen LogP contribution in [0.25, 0.3) is 0 Å². The van der Waals surface area contributed by atoms with Crippen LogP contribution in [0.1, 0.15) is 20.3 Å². The summed E-state index contributed by atoms with van der Waals surface area (Å²) < 4.78 is 0. The van der Waals surface area contributed by atoms with Crippen LogP contribution in [0, 0.1) is 0 Å². The third-order valence-corrected chi connectivity index (χ3v) is 1.04. The molecule has 3 nitrogen and oxygen atoms in total. The van der Waals surface area contributed by atoms with Gasteiger partial charge in [-0.15, -0.1) is 0 Å². The first kappa shape index (κ1) is 8.88. The van der Waals surface area contributed by atoms with Crippen LogP contribution in [-0.4, -0.2) is 24.4 Å². The Morgan fingerprint density at radius 1 is 1.56 bits per heavy atom. The molecule has 0 bridgehead atoms. The quantitative estimate of drug-likeness (QED) is 0.418. The summed E-state index contributed by atoms with van der Waals surface area (Å²) in [6.45, 7) is 4.98. The molecule has 9 heavy (non-hydrogen) atoms. The highest BCUT2D eigenvalue weighted by molar-refractivity contribution is 4.50. The molecule has 0 radical (unpaired) electrons. The fraction of sp³-hybridized carbons (Fsp3) is 1.00. The molecule has 56 valence electrons. The third-order valence-electron chi connectivity index (χ3n) is 1.04. The lowest BCUT2D eigenvalue weighted by Crippen LogP contribution is -2.26. The Morgan fingerprint density at radius 2 is 2.22 bits per heavy atom. The minimum absolute atomic E-state index is 0.281. The van der Waals surface area contributed by atoms with Crippen molar-refractivity contribution in [1.82, 2.24) is 5.48 Å². The van der Waals surface area contributed by atoms with Gasteiger partial charge in [-0.3, -0.25) is 0 Å². The molecule has 0 unspecified atom stereocenters. The minimum atomic E-state index is -0.281. The number of aliphatic hydroxyl groups is 1. The van der Waals surface area contributed by atoms with E-state index in [0.29, 0.717) is 13.2 Å². The van der Waals surface area contributed by atoms with E-state index in [2.05, 4.69) is 5.48 Å². The Kier molecular flexibility index (Phi) is 5.93. The van der Waals surface area contributed by atoms with E-state index in [1.165, 1.54) is 0 Å². The van der Waals surface area contributed by atoms with Gasteiger partial charge in [0, 0.05) is 6.54 Å².